The number of methoxy groups -OCH3 is 1. The van der Waals surface area contributed by atoms with Crippen molar-refractivity contribution in [2.75, 3.05) is 7.11 Å². The fourth-order valence-electron chi connectivity index (χ4n) is 0.857. The second-order valence-electron chi connectivity index (χ2n) is 3.40. The molecule has 0 radical (unpaired) electrons. The first-order chi connectivity index (χ1) is 6.10. The number of aldehydes is 1. The van der Waals surface area contributed by atoms with Crippen LogP contribution in [0.4, 0.5) is 0 Å². The van der Waals surface area contributed by atoms with Crippen molar-refractivity contribution in [3.05, 3.63) is 16.1 Å². The zero-order valence-corrected chi connectivity index (χ0v) is 8.85. The van der Waals surface area contributed by atoms with Gasteiger partial charge in [0.25, 0.3) is 0 Å². The fraction of sp³-hybridized carbons (Fsp3) is 0.556. The molecule has 0 unspecified atom stereocenters. The minimum Gasteiger partial charge on any atom is -0.378 e. The van der Waals surface area contributed by atoms with Crippen LogP contribution in [0, 0.1) is 0 Å². The Morgan fingerprint density at radius 2 is 2.38 bits per heavy atom. The monoisotopic (exact) mass is 199 g/mol. The van der Waals surface area contributed by atoms with Gasteiger partial charge in [-0.3, -0.25) is 0 Å². The number of hydrogen-bond donors (Lipinski definition) is 0. The molecule has 4 heteroatoms. The van der Waals surface area contributed by atoms with Gasteiger partial charge in [0.15, 0.2) is 0 Å². The molecule has 0 saturated heterocycles. The van der Waals surface area contributed by atoms with Crippen LogP contribution in [0.15, 0.2) is 5.38 Å². The van der Waals surface area contributed by atoms with Crippen LogP contribution in [0.3, 0.4) is 0 Å². The van der Waals surface area contributed by atoms with E-state index in [1.54, 1.807) is 7.11 Å². The van der Waals surface area contributed by atoms with Gasteiger partial charge in [-0.05, 0) is 13.8 Å². The van der Waals surface area contributed by atoms with E-state index in [1.807, 2.05) is 19.2 Å². The summed E-state index contributed by atoms with van der Waals surface area (Å²) >= 11 is 1.52. The summed E-state index contributed by atoms with van der Waals surface area (Å²) in [6.07, 6.45) is 0.915. The SMILES string of the molecule is COCc1nc(C(C)(C)C=O)cs1. The molecule has 0 N–H and O–H groups in total. The van der Waals surface area contributed by atoms with Crippen molar-refractivity contribution in [3.8, 4) is 0 Å². The molecular formula is C9H13NO2S. The lowest BCUT2D eigenvalue weighted by Gasteiger charge is -2.12. The van der Waals surface area contributed by atoms with Gasteiger partial charge < -0.3 is 9.53 Å². The molecule has 0 spiro atoms. The van der Waals surface area contributed by atoms with Crippen molar-refractivity contribution in [2.45, 2.75) is 25.9 Å². The highest BCUT2D eigenvalue weighted by Crippen LogP contribution is 2.22. The summed E-state index contributed by atoms with van der Waals surface area (Å²) in [5.41, 5.74) is 0.335. The molecule has 0 bridgehead atoms. The second kappa shape index (κ2) is 3.98. The van der Waals surface area contributed by atoms with E-state index in [1.165, 1.54) is 11.3 Å². The molecule has 0 aliphatic carbocycles. The molecule has 0 saturated carbocycles. The summed E-state index contributed by atoms with van der Waals surface area (Å²) in [7, 11) is 1.63. The zero-order valence-electron chi connectivity index (χ0n) is 8.03. The number of carbonyl (C=O) groups excluding carboxylic acids is 1. The number of hydrogen-bond acceptors (Lipinski definition) is 4. The minimum absolute atomic E-state index is 0.484. The van der Waals surface area contributed by atoms with E-state index >= 15 is 0 Å². The average molecular weight is 199 g/mol. The third-order valence-corrected chi connectivity index (χ3v) is 2.60. The summed E-state index contributed by atoms with van der Waals surface area (Å²) in [6.45, 7) is 4.22. The van der Waals surface area contributed by atoms with E-state index in [4.69, 9.17) is 4.74 Å². The maximum Gasteiger partial charge on any atom is 0.131 e. The third kappa shape index (κ3) is 2.35. The number of thiazole rings is 1. The van der Waals surface area contributed by atoms with Crippen LogP contribution in [-0.2, 0) is 21.6 Å². The van der Waals surface area contributed by atoms with Crippen molar-refractivity contribution in [2.24, 2.45) is 0 Å². The lowest BCUT2D eigenvalue weighted by molar-refractivity contribution is -0.111. The van der Waals surface area contributed by atoms with Gasteiger partial charge in [0.1, 0.15) is 11.3 Å². The summed E-state index contributed by atoms with van der Waals surface area (Å²) in [4.78, 5) is 15.0. The molecule has 1 rings (SSSR count). The highest BCUT2D eigenvalue weighted by molar-refractivity contribution is 7.09. The first kappa shape index (κ1) is 10.3. The van der Waals surface area contributed by atoms with Gasteiger partial charge in [0.2, 0.25) is 0 Å². The molecule has 72 valence electrons. The minimum atomic E-state index is -0.484. The van der Waals surface area contributed by atoms with Crippen LogP contribution >= 0.6 is 11.3 Å². The van der Waals surface area contributed by atoms with Gasteiger partial charge in [0.05, 0.1) is 17.7 Å². The van der Waals surface area contributed by atoms with Crippen molar-refractivity contribution in [1.82, 2.24) is 4.98 Å². The largest absolute Gasteiger partial charge is 0.378 e. The highest BCUT2D eigenvalue weighted by Gasteiger charge is 2.22. The standard InChI is InChI=1S/C9H13NO2S/c1-9(2,6-11)7-5-13-8(10-7)4-12-3/h5-6H,4H2,1-3H3. The van der Waals surface area contributed by atoms with Crippen molar-refractivity contribution in [3.63, 3.8) is 0 Å². The van der Waals surface area contributed by atoms with E-state index < -0.39 is 5.41 Å². The van der Waals surface area contributed by atoms with Crippen LogP contribution in [-0.4, -0.2) is 18.4 Å². The van der Waals surface area contributed by atoms with E-state index in [2.05, 4.69) is 4.98 Å². The molecule has 1 heterocycles. The Labute approximate surface area is 81.8 Å². The number of nitrogens with zero attached hydrogens (tertiary/aromatic N) is 1. The van der Waals surface area contributed by atoms with Gasteiger partial charge in [0, 0.05) is 12.5 Å². The zero-order chi connectivity index (χ0) is 9.90. The quantitative estimate of drug-likeness (QED) is 0.694. The van der Waals surface area contributed by atoms with E-state index in [0.717, 1.165) is 17.0 Å². The molecule has 13 heavy (non-hydrogen) atoms. The molecule has 0 amide bonds. The average Bonchev–Trinajstić information content (AvgIpc) is 2.54. The molecule has 3 nitrogen and oxygen atoms in total. The van der Waals surface area contributed by atoms with Gasteiger partial charge in [-0.1, -0.05) is 0 Å². The number of ether oxygens (including phenoxy) is 1. The first-order valence-electron chi connectivity index (χ1n) is 4.00. The Hall–Kier alpha value is -0.740. The predicted octanol–water partition coefficient (Wildman–Crippen LogP) is 1.77. The predicted molar refractivity (Wildman–Crippen MR) is 51.9 cm³/mol. The molecular weight excluding hydrogens is 186 g/mol. The van der Waals surface area contributed by atoms with Crippen LogP contribution in [0.1, 0.15) is 24.5 Å². The molecule has 0 aliphatic rings. The smallest absolute Gasteiger partial charge is 0.131 e. The lowest BCUT2D eigenvalue weighted by atomic mass is 9.92. The fourth-order valence-corrected chi connectivity index (χ4v) is 1.80. The van der Waals surface area contributed by atoms with Crippen LogP contribution in [0.25, 0.3) is 0 Å². The van der Waals surface area contributed by atoms with Crippen LogP contribution < -0.4 is 0 Å². The van der Waals surface area contributed by atoms with Crippen LogP contribution in [0.2, 0.25) is 0 Å². The Balaban J connectivity index is 2.85. The maximum absolute atomic E-state index is 10.7. The molecule has 1 aromatic heterocycles. The Morgan fingerprint density at radius 3 is 2.92 bits per heavy atom. The van der Waals surface area contributed by atoms with Crippen LogP contribution in [0.5, 0.6) is 0 Å². The number of carbonyl (C=O) groups is 1. The van der Waals surface area contributed by atoms with Crippen molar-refractivity contribution < 1.29 is 9.53 Å². The topological polar surface area (TPSA) is 39.2 Å². The first-order valence-corrected chi connectivity index (χ1v) is 4.88. The van der Waals surface area contributed by atoms with Gasteiger partial charge >= 0.3 is 0 Å². The summed E-state index contributed by atoms with van der Waals surface area (Å²) < 4.78 is 4.95. The van der Waals surface area contributed by atoms with Gasteiger partial charge in [-0.15, -0.1) is 11.3 Å². The van der Waals surface area contributed by atoms with Gasteiger partial charge in [-0.2, -0.15) is 0 Å². The molecule has 0 aromatic carbocycles. The van der Waals surface area contributed by atoms with Crippen molar-refractivity contribution in [1.29, 1.82) is 0 Å². The summed E-state index contributed by atoms with van der Waals surface area (Å²) in [5.74, 6) is 0. The molecule has 0 aliphatic heterocycles. The van der Waals surface area contributed by atoms with E-state index in [9.17, 15) is 4.79 Å². The van der Waals surface area contributed by atoms with E-state index in [-0.39, 0.29) is 0 Å². The summed E-state index contributed by atoms with van der Waals surface area (Å²) in [6, 6.07) is 0. The number of aromatic nitrogens is 1. The van der Waals surface area contributed by atoms with Gasteiger partial charge in [-0.25, -0.2) is 4.98 Å². The molecule has 0 fully saturated rings. The Bertz CT molecular complexity index is 294. The Morgan fingerprint density at radius 1 is 1.69 bits per heavy atom. The highest BCUT2D eigenvalue weighted by atomic mass is 32.1. The molecule has 1 aromatic rings. The Kier molecular flexibility index (Phi) is 3.17. The molecule has 0 atom stereocenters. The summed E-state index contributed by atoms with van der Waals surface area (Å²) in [5, 5.41) is 2.82. The third-order valence-electron chi connectivity index (χ3n) is 1.77. The second-order valence-corrected chi connectivity index (χ2v) is 4.34. The normalized spacial score (nSPS) is 11.6. The number of rotatable bonds is 4. The van der Waals surface area contributed by atoms with Crippen molar-refractivity contribution >= 4 is 17.6 Å². The van der Waals surface area contributed by atoms with E-state index in [0.29, 0.717) is 6.61 Å². The lowest BCUT2D eigenvalue weighted by Crippen LogP contribution is -2.19. The maximum atomic E-state index is 10.7.